The van der Waals surface area contributed by atoms with Crippen molar-refractivity contribution >= 4 is 17.8 Å². The van der Waals surface area contributed by atoms with Gasteiger partial charge in [-0.25, -0.2) is 4.79 Å². The Morgan fingerprint density at radius 2 is 1.61 bits per heavy atom. The number of cyclic esters (lactones) is 1. The van der Waals surface area contributed by atoms with E-state index in [1.807, 2.05) is 0 Å². The molecule has 0 aromatic carbocycles. The molecule has 0 aromatic heterocycles. The molecule has 2 heterocycles. The molecule has 2 aliphatic heterocycles. The second-order valence-corrected chi connectivity index (χ2v) is 10.7. The third-order valence-electron chi connectivity index (χ3n) is 7.77. The summed E-state index contributed by atoms with van der Waals surface area (Å²) >= 11 is 0. The van der Waals surface area contributed by atoms with E-state index in [0.29, 0.717) is 12.8 Å². The summed E-state index contributed by atoms with van der Waals surface area (Å²) in [4.78, 5) is 38.2. The van der Waals surface area contributed by atoms with E-state index >= 15 is 0 Å². The minimum Gasteiger partial charge on any atom is -0.467 e. The first-order valence-corrected chi connectivity index (χ1v) is 14.3. The van der Waals surface area contributed by atoms with Crippen LogP contribution in [0.4, 0.5) is 0 Å². The Balaban J connectivity index is 1.61. The number of hydrogen-bond acceptors (Lipinski definition) is 6. The Morgan fingerprint density at radius 1 is 1.03 bits per heavy atom. The summed E-state index contributed by atoms with van der Waals surface area (Å²) in [6.45, 7) is 4.00. The molecule has 0 aliphatic carbocycles. The molecule has 7 heteroatoms. The molecule has 2 rings (SSSR count). The molecule has 4 atom stereocenters. The van der Waals surface area contributed by atoms with Crippen molar-refractivity contribution in [2.24, 2.45) is 5.92 Å². The molecule has 0 spiro atoms. The number of likely N-dealkylation sites (tertiary alicyclic amines) is 1. The average molecular weight is 508 g/mol. The SMILES string of the molecule is CCCCCCCCCC/C=C/CCCCC[C@@]1(C)OC(=O)[C@H](CN2C(=O)CCC2C(=O)OC)[C@@H]1O. The van der Waals surface area contributed by atoms with Gasteiger partial charge >= 0.3 is 11.9 Å². The van der Waals surface area contributed by atoms with E-state index in [4.69, 9.17) is 9.47 Å². The predicted molar refractivity (Wildman–Crippen MR) is 140 cm³/mol. The Morgan fingerprint density at radius 3 is 2.22 bits per heavy atom. The van der Waals surface area contributed by atoms with Crippen LogP contribution in [0.5, 0.6) is 0 Å². The first kappa shape index (κ1) is 30.3. The number of nitrogens with zero attached hydrogens (tertiary/aromatic N) is 1. The standard InChI is InChI=1S/C29H49NO6/c1-4-5-6-7-8-9-10-11-12-13-14-15-16-17-18-21-29(2)26(32)23(27(33)36-29)22-30-24(28(34)35-3)19-20-25(30)31/h13-14,23-24,26,32H,4-12,15-22H2,1-3H3/b14-13+/t23-,24?,26+,29-/m1/s1. The average Bonchev–Trinajstić information content (AvgIpc) is 3.33. The summed E-state index contributed by atoms with van der Waals surface area (Å²) in [6.07, 6.45) is 20.6. The Bertz CT molecular complexity index is 723. The lowest BCUT2D eigenvalue weighted by Crippen LogP contribution is -2.47. The summed E-state index contributed by atoms with van der Waals surface area (Å²) in [6, 6.07) is -0.696. The maximum Gasteiger partial charge on any atom is 0.328 e. The minimum absolute atomic E-state index is 0.0160. The number of rotatable bonds is 18. The van der Waals surface area contributed by atoms with Gasteiger partial charge in [-0.3, -0.25) is 9.59 Å². The molecule has 2 saturated heterocycles. The van der Waals surface area contributed by atoms with Crippen molar-refractivity contribution < 1.29 is 29.0 Å². The highest BCUT2D eigenvalue weighted by Crippen LogP contribution is 2.37. The van der Waals surface area contributed by atoms with Crippen LogP contribution >= 0.6 is 0 Å². The van der Waals surface area contributed by atoms with Crippen molar-refractivity contribution in [2.75, 3.05) is 13.7 Å². The van der Waals surface area contributed by atoms with Crippen LogP contribution in [0.25, 0.3) is 0 Å². The van der Waals surface area contributed by atoms with E-state index in [1.54, 1.807) is 6.92 Å². The molecule has 2 aliphatic rings. The van der Waals surface area contributed by atoms with Gasteiger partial charge in [-0.15, -0.1) is 0 Å². The predicted octanol–water partition coefficient (Wildman–Crippen LogP) is 5.48. The highest BCUT2D eigenvalue weighted by Gasteiger charge is 2.53. The first-order valence-electron chi connectivity index (χ1n) is 14.3. The van der Waals surface area contributed by atoms with Gasteiger partial charge in [0.05, 0.1) is 7.11 Å². The third-order valence-corrected chi connectivity index (χ3v) is 7.77. The van der Waals surface area contributed by atoms with E-state index < -0.39 is 35.6 Å². The fourth-order valence-electron chi connectivity index (χ4n) is 5.40. The van der Waals surface area contributed by atoms with Gasteiger partial charge in [0.1, 0.15) is 23.7 Å². The molecule has 0 saturated carbocycles. The van der Waals surface area contributed by atoms with Gasteiger partial charge in [0.15, 0.2) is 0 Å². The number of unbranched alkanes of at least 4 members (excludes halogenated alkanes) is 11. The lowest BCUT2D eigenvalue weighted by molar-refractivity contribution is -0.153. The number of aliphatic hydroxyl groups excluding tert-OH is 1. The lowest BCUT2D eigenvalue weighted by atomic mass is 9.87. The minimum atomic E-state index is -1.01. The van der Waals surface area contributed by atoms with Gasteiger partial charge in [0.2, 0.25) is 5.91 Å². The smallest absolute Gasteiger partial charge is 0.328 e. The zero-order chi connectivity index (χ0) is 26.4. The number of allylic oxidation sites excluding steroid dienone is 2. The largest absolute Gasteiger partial charge is 0.467 e. The molecule has 0 radical (unpaired) electrons. The molecule has 1 N–H and O–H groups in total. The number of hydrogen-bond donors (Lipinski definition) is 1. The van der Waals surface area contributed by atoms with Gasteiger partial charge < -0.3 is 19.5 Å². The van der Waals surface area contributed by atoms with Crippen molar-refractivity contribution in [1.29, 1.82) is 0 Å². The molecular weight excluding hydrogens is 458 g/mol. The Hall–Kier alpha value is -1.89. The van der Waals surface area contributed by atoms with Gasteiger partial charge in [-0.2, -0.15) is 0 Å². The number of esters is 2. The summed E-state index contributed by atoms with van der Waals surface area (Å²) < 4.78 is 10.4. The molecule has 36 heavy (non-hydrogen) atoms. The van der Waals surface area contributed by atoms with Gasteiger partial charge in [-0.05, 0) is 51.9 Å². The molecule has 7 nitrogen and oxygen atoms in total. The van der Waals surface area contributed by atoms with E-state index in [9.17, 15) is 19.5 Å². The summed E-state index contributed by atoms with van der Waals surface area (Å²) in [5.74, 6) is -2.04. The molecule has 2 fully saturated rings. The number of ether oxygens (including phenoxy) is 2. The van der Waals surface area contributed by atoms with Crippen LogP contribution in [0.15, 0.2) is 12.2 Å². The van der Waals surface area contributed by atoms with Crippen LogP contribution in [0.2, 0.25) is 0 Å². The quantitative estimate of drug-likeness (QED) is 0.150. The van der Waals surface area contributed by atoms with Gasteiger partial charge in [0.25, 0.3) is 0 Å². The summed E-state index contributed by atoms with van der Waals surface area (Å²) in [5.41, 5.74) is -0.961. The van der Waals surface area contributed by atoms with Crippen molar-refractivity contribution in [3.63, 3.8) is 0 Å². The van der Waals surface area contributed by atoms with Crippen molar-refractivity contribution in [2.45, 2.75) is 134 Å². The van der Waals surface area contributed by atoms with Crippen LogP contribution in [0, 0.1) is 5.92 Å². The van der Waals surface area contributed by atoms with Crippen LogP contribution in [-0.4, -0.2) is 59.3 Å². The zero-order valence-electron chi connectivity index (χ0n) is 22.8. The van der Waals surface area contributed by atoms with Crippen molar-refractivity contribution in [3.05, 3.63) is 12.2 Å². The maximum absolute atomic E-state index is 12.6. The number of methoxy groups -OCH3 is 1. The van der Waals surface area contributed by atoms with E-state index in [2.05, 4.69) is 19.1 Å². The van der Waals surface area contributed by atoms with E-state index in [0.717, 1.165) is 32.1 Å². The topological polar surface area (TPSA) is 93.1 Å². The van der Waals surface area contributed by atoms with Gasteiger partial charge in [0, 0.05) is 13.0 Å². The fourth-order valence-corrected chi connectivity index (χ4v) is 5.40. The monoisotopic (exact) mass is 507 g/mol. The normalized spacial score (nSPS) is 26.2. The molecule has 206 valence electrons. The van der Waals surface area contributed by atoms with Crippen LogP contribution in [0.3, 0.4) is 0 Å². The van der Waals surface area contributed by atoms with Crippen LogP contribution < -0.4 is 0 Å². The Kier molecular flexibility index (Phi) is 13.5. The first-order chi connectivity index (χ1) is 17.3. The number of aliphatic hydroxyl groups is 1. The Labute approximate surface area is 218 Å². The van der Waals surface area contributed by atoms with Crippen molar-refractivity contribution in [1.82, 2.24) is 4.90 Å². The van der Waals surface area contributed by atoms with E-state index in [1.165, 1.54) is 63.4 Å². The fraction of sp³-hybridized carbons (Fsp3) is 0.828. The number of carbonyl (C=O) groups is 3. The molecular formula is C29H49NO6. The maximum atomic E-state index is 12.6. The number of carbonyl (C=O) groups excluding carboxylic acids is 3. The second-order valence-electron chi connectivity index (χ2n) is 10.7. The molecule has 0 bridgehead atoms. The van der Waals surface area contributed by atoms with Crippen molar-refractivity contribution in [3.8, 4) is 0 Å². The van der Waals surface area contributed by atoms with Crippen LogP contribution in [0.1, 0.15) is 117 Å². The second kappa shape index (κ2) is 16.1. The van der Waals surface area contributed by atoms with E-state index in [-0.39, 0.29) is 18.9 Å². The lowest BCUT2D eigenvalue weighted by Gasteiger charge is -2.29. The third kappa shape index (κ3) is 9.20. The summed E-state index contributed by atoms with van der Waals surface area (Å²) in [5, 5.41) is 10.9. The number of amides is 1. The van der Waals surface area contributed by atoms with Gasteiger partial charge in [-0.1, -0.05) is 70.4 Å². The zero-order valence-corrected chi connectivity index (χ0v) is 22.8. The highest BCUT2D eigenvalue weighted by molar-refractivity contribution is 5.88. The van der Waals surface area contributed by atoms with Crippen LogP contribution in [-0.2, 0) is 23.9 Å². The molecule has 1 unspecified atom stereocenters. The molecule has 0 aromatic rings. The summed E-state index contributed by atoms with van der Waals surface area (Å²) in [7, 11) is 1.28. The highest BCUT2D eigenvalue weighted by atomic mass is 16.6. The molecule has 1 amide bonds.